The van der Waals surface area contributed by atoms with Crippen LogP contribution < -0.4 is 0 Å². The molecule has 1 nitrogen and oxygen atoms in total. The van der Waals surface area contributed by atoms with Gasteiger partial charge in [0.15, 0.2) is 6.35 Å². The minimum Gasteiger partial charge on any atom is -0.582 e. The Hall–Kier alpha value is -0.415. The van der Waals surface area contributed by atoms with Gasteiger partial charge < -0.3 is 4.65 Å². The molecule has 0 saturated heterocycles. The fourth-order valence-corrected chi connectivity index (χ4v) is 2.28. The highest BCUT2D eigenvalue weighted by molar-refractivity contribution is 6.81. The van der Waals surface area contributed by atoms with Crippen molar-refractivity contribution in [3.05, 3.63) is 0 Å². The molecule has 0 radical (unpaired) electrons. The molecule has 0 saturated carbocycles. The molecule has 0 heterocycles. The normalized spacial score (nSPS) is 11.7. The summed E-state index contributed by atoms with van der Waals surface area (Å²) in [7, 11) is 1.81. The summed E-state index contributed by atoms with van der Waals surface area (Å²) in [6.45, 7) is 11.0. The first-order valence-electron chi connectivity index (χ1n) is 6.19. The van der Waals surface area contributed by atoms with Crippen molar-refractivity contribution in [3.8, 4) is 11.7 Å². The molecule has 0 aromatic rings. The van der Waals surface area contributed by atoms with Crippen molar-refractivity contribution in [2.45, 2.75) is 53.7 Å². The second-order valence-electron chi connectivity index (χ2n) is 5.32. The van der Waals surface area contributed by atoms with E-state index < -0.39 is 6.35 Å². The zero-order valence-corrected chi connectivity index (χ0v) is 11.3. The van der Waals surface area contributed by atoms with Crippen LogP contribution >= 0.6 is 0 Å². The SMILES string of the molecule is CCC#C[B-](CC(C)C)(CC(C)C)OC. The van der Waals surface area contributed by atoms with Crippen LogP contribution in [-0.2, 0) is 4.65 Å². The Kier molecular flexibility index (Phi) is 6.77. The molecule has 88 valence electrons. The predicted octanol–water partition coefficient (Wildman–Crippen LogP) is 3.84. The van der Waals surface area contributed by atoms with E-state index >= 15 is 0 Å². The van der Waals surface area contributed by atoms with Crippen molar-refractivity contribution < 1.29 is 4.65 Å². The summed E-state index contributed by atoms with van der Waals surface area (Å²) < 4.78 is 5.75. The van der Waals surface area contributed by atoms with Crippen molar-refractivity contribution in [3.63, 3.8) is 0 Å². The zero-order valence-electron chi connectivity index (χ0n) is 11.3. The van der Waals surface area contributed by atoms with Gasteiger partial charge in [-0.2, -0.15) is 0 Å². The van der Waals surface area contributed by atoms with Gasteiger partial charge in [0, 0.05) is 6.42 Å². The standard InChI is InChI=1S/C13H26BO/c1-7-8-9-14(15-6,10-12(2)3)11-13(4)5/h12-13H,7,10-11H2,1-6H3/q-1. The third-order valence-electron chi connectivity index (χ3n) is 2.70. The number of rotatable bonds is 5. The largest absolute Gasteiger partial charge is 0.582 e. The molecule has 0 atom stereocenters. The van der Waals surface area contributed by atoms with Crippen LogP contribution in [0.2, 0.25) is 12.6 Å². The molecule has 0 aromatic heterocycles. The highest BCUT2D eigenvalue weighted by Gasteiger charge is 2.24. The van der Waals surface area contributed by atoms with E-state index in [9.17, 15) is 0 Å². The Bertz CT molecular complexity index is 212. The summed E-state index contributed by atoms with van der Waals surface area (Å²) in [5, 5.41) is 0. The minimum atomic E-state index is -0.923. The maximum absolute atomic E-state index is 5.75. The molecule has 0 unspecified atom stereocenters. The van der Waals surface area contributed by atoms with Crippen molar-refractivity contribution in [1.29, 1.82) is 0 Å². The maximum Gasteiger partial charge on any atom is 0.186 e. The molecule has 0 aliphatic heterocycles. The second kappa shape index (κ2) is 6.96. The molecule has 0 aliphatic carbocycles. The quantitative estimate of drug-likeness (QED) is 0.493. The van der Waals surface area contributed by atoms with Crippen LogP contribution in [0.4, 0.5) is 0 Å². The van der Waals surface area contributed by atoms with Gasteiger partial charge in [-0.3, -0.25) is 5.82 Å². The van der Waals surface area contributed by atoms with Crippen molar-refractivity contribution in [2.75, 3.05) is 7.11 Å². The molecule has 0 N–H and O–H groups in total. The van der Waals surface area contributed by atoms with Gasteiger partial charge in [0.2, 0.25) is 0 Å². The molecule has 15 heavy (non-hydrogen) atoms. The van der Waals surface area contributed by atoms with E-state index in [0.29, 0.717) is 11.8 Å². The van der Waals surface area contributed by atoms with E-state index in [2.05, 4.69) is 46.4 Å². The Labute approximate surface area is 95.9 Å². The van der Waals surface area contributed by atoms with Crippen LogP contribution in [0.1, 0.15) is 41.0 Å². The molecule has 2 heteroatoms. The summed E-state index contributed by atoms with van der Waals surface area (Å²) in [4.78, 5) is 0. The molecule has 0 aromatic carbocycles. The molecule has 0 amide bonds. The minimum absolute atomic E-state index is 0.648. The van der Waals surface area contributed by atoms with E-state index in [4.69, 9.17) is 4.65 Å². The third-order valence-corrected chi connectivity index (χ3v) is 2.70. The van der Waals surface area contributed by atoms with Gasteiger partial charge in [0.25, 0.3) is 0 Å². The van der Waals surface area contributed by atoms with Gasteiger partial charge in [-0.25, -0.2) is 0 Å². The summed E-state index contributed by atoms with van der Waals surface area (Å²) in [5.74, 6) is 7.89. The summed E-state index contributed by atoms with van der Waals surface area (Å²) in [5.41, 5.74) is 0. The van der Waals surface area contributed by atoms with E-state index in [1.54, 1.807) is 0 Å². The molecule has 0 spiro atoms. The van der Waals surface area contributed by atoms with Crippen LogP contribution in [0.15, 0.2) is 0 Å². The summed E-state index contributed by atoms with van der Waals surface area (Å²) >= 11 is 0. The highest BCUT2D eigenvalue weighted by Crippen LogP contribution is 2.25. The Morgan fingerprint density at radius 2 is 1.53 bits per heavy atom. The molecule has 0 fully saturated rings. The van der Waals surface area contributed by atoms with Gasteiger partial charge in [-0.05, 0) is 7.11 Å². The molecular weight excluding hydrogens is 183 g/mol. The van der Waals surface area contributed by atoms with Gasteiger partial charge in [-0.15, -0.1) is 18.6 Å². The first kappa shape index (κ1) is 14.6. The molecule has 0 aliphatic rings. The van der Waals surface area contributed by atoms with E-state index in [0.717, 1.165) is 19.1 Å². The molecule has 0 bridgehead atoms. The van der Waals surface area contributed by atoms with Gasteiger partial charge in [0.1, 0.15) is 0 Å². The van der Waals surface area contributed by atoms with Gasteiger partial charge >= 0.3 is 0 Å². The summed E-state index contributed by atoms with van der Waals surface area (Å²) in [6.07, 6.45) is 2.17. The average Bonchev–Trinajstić information content (AvgIpc) is 2.12. The lowest BCUT2D eigenvalue weighted by atomic mass is 9.33. The van der Waals surface area contributed by atoms with E-state index in [-0.39, 0.29) is 0 Å². The number of hydrogen-bond donors (Lipinski definition) is 0. The van der Waals surface area contributed by atoms with E-state index in [1.165, 1.54) is 0 Å². The Balaban J connectivity index is 4.75. The van der Waals surface area contributed by atoms with E-state index in [1.807, 2.05) is 7.11 Å². The molecular formula is C13H26BO-. The van der Waals surface area contributed by atoms with Crippen molar-refractivity contribution in [2.24, 2.45) is 11.8 Å². The zero-order chi connectivity index (χ0) is 11.9. The lowest BCUT2D eigenvalue weighted by Crippen LogP contribution is -2.38. The second-order valence-corrected chi connectivity index (χ2v) is 5.32. The van der Waals surface area contributed by atoms with Crippen LogP contribution in [0.5, 0.6) is 0 Å². The first-order chi connectivity index (χ1) is 6.95. The van der Waals surface area contributed by atoms with Crippen molar-refractivity contribution >= 4 is 6.35 Å². The van der Waals surface area contributed by atoms with Crippen LogP contribution in [0.3, 0.4) is 0 Å². The van der Waals surface area contributed by atoms with Gasteiger partial charge in [0.05, 0.1) is 0 Å². The Morgan fingerprint density at radius 1 is 1.07 bits per heavy atom. The van der Waals surface area contributed by atoms with Crippen LogP contribution in [0, 0.1) is 23.6 Å². The first-order valence-corrected chi connectivity index (χ1v) is 6.19. The number of hydrogen-bond acceptors (Lipinski definition) is 1. The van der Waals surface area contributed by atoms with Crippen LogP contribution in [0.25, 0.3) is 0 Å². The smallest absolute Gasteiger partial charge is 0.186 e. The Morgan fingerprint density at radius 3 is 1.80 bits per heavy atom. The summed E-state index contributed by atoms with van der Waals surface area (Å²) in [6, 6.07) is 0. The molecule has 0 rings (SSSR count). The third kappa shape index (κ3) is 5.90. The van der Waals surface area contributed by atoms with Crippen LogP contribution in [-0.4, -0.2) is 13.5 Å². The van der Waals surface area contributed by atoms with Gasteiger partial charge in [-0.1, -0.05) is 46.5 Å². The lowest BCUT2D eigenvalue weighted by molar-refractivity contribution is 0.388. The maximum atomic E-state index is 5.75. The average molecular weight is 209 g/mol. The predicted molar refractivity (Wildman–Crippen MR) is 70.1 cm³/mol. The fourth-order valence-electron chi connectivity index (χ4n) is 2.28. The topological polar surface area (TPSA) is 9.23 Å². The highest BCUT2D eigenvalue weighted by atomic mass is 16.4. The lowest BCUT2D eigenvalue weighted by Gasteiger charge is -2.37. The monoisotopic (exact) mass is 209 g/mol. The van der Waals surface area contributed by atoms with Crippen molar-refractivity contribution in [1.82, 2.24) is 0 Å². The fraction of sp³-hybridized carbons (Fsp3) is 0.846.